The van der Waals surface area contributed by atoms with Crippen molar-refractivity contribution >= 4 is 21.9 Å². The van der Waals surface area contributed by atoms with E-state index in [1.54, 1.807) is 0 Å². The Bertz CT molecular complexity index is 987. The molecule has 3 N–H and O–H groups in total. The minimum atomic E-state index is -4.01. The molecule has 0 saturated carbocycles. The Morgan fingerprint density at radius 2 is 1.79 bits per heavy atom. The van der Waals surface area contributed by atoms with Crippen LogP contribution in [0.1, 0.15) is 40.9 Å². The molecule has 0 saturated heterocycles. The predicted octanol–water partition coefficient (Wildman–Crippen LogP) is 2.08. The third kappa shape index (κ3) is 6.03. The van der Waals surface area contributed by atoms with Crippen LogP contribution in [0, 0.1) is 6.92 Å². The number of hydrogen-bond donors (Lipinski definition) is 2. The second-order valence-electron chi connectivity index (χ2n) is 6.42. The van der Waals surface area contributed by atoms with E-state index in [0.29, 0.717) is 6.42 Å². The van der Waals surface area contributed by atoms with Gasteiger partial charge in [-0.1, -0.05) is 36.8 Å². The Balaban J connectivity index is 2.06. The molecular weight excluding hydrogens is 396 g/mol. The van der Waals surface area contributed by atoms with Crippen molar-refractivity contribution in [2.75, 3.05) is 13.7 Å². The van der Waals surface area contributed by atoms with E-state index in [9.17, 15) is 18.0 Å². The van der Waals surface area contributed by atoms with Crippen LogP contribution >= 0.6 is 0 Å². The van der Waals surface area contributed by atoms with Gasteiger partial charge in [-0.15, -0.1) is 0 Å². The molecule has 1 atom stereocenters. The molecular formula is C20H24N2O6S. The summed E-state index contributed by atoms with van der Waals surface area (Å²) >= 11 is 0. The van der Waals surface area contributed by atoms with Gasteiger partial charge in [0.15, 0.2) is 6.61 Å². The van der Waals surface area contributed by atoms with Gasteiger partial charge >= 0.3 is 5.97 Å². The Morgan fingerprint density at radius 3 is 2.34 bits per heavy atom. The van der Waals surface area contributed by atoms with Crippen LogP contribution in [0.2, 0.25) is 0 Å². The van der Waals surface area contributed by atoms with E-state index in [1.165, 1.54) is 19.2 Å². The van der Waals surface area contributed by atoms with Gasteiger partial charge in [0, 0.05) is 0 Å². The number of nitrogens with one attached hydrogen (secondary N) is 1. The van der Waals surface area contributed by atoms with Crippen LogP contribution < -0.4 is 15.2 Å². The molecule has 156 valence electrons. The Kier molecular flexibility index (Phi) is 7.35. The number of nitrogens with two attached hydrogens (primary N) is 1. The van der Waals surface area contributed by atoms with Gasteiger partial charge < -0.3 is 14.8 Å². The standard InChI is InChI=1S/C20H24N2O6S/c1-4-17(14-7-5-13(2)6-8-14)22-19(23)12-28-20(24)16-11-15(29(21,25)26)9-10-18(16)27-3/h5-11,17H,4,12H2,1-3H3,(H,22,23)(H2,21,25,26)/t17-/m0/s1. The summed E-state index contributed by atoms with van der Waals surface area (Å²) in [5.74, 6) is -1.27. The van der Waals surface area contributed by atoms with Crippen molar-refractivity contribution in [3.8, 4) is 5.75 Å². The van der Waals surface area contributed by atoms with Gasteiger partial charge in [-0.3, -0.25) is 4.79 Å². The number of esters is 1. The van der Waals surface area contributed by atoms with Gasteiger partial charge in [0.25, 0.3) is 5.91 Å². The van der Waals surface area contributed by atoms with Crippen LogP contribution in [0.4, 0.5) is 0 Å². The predicted molar refractivity (Wildman–Crippen MR) is 107 cm³/mol. The Morgan fingerprint density at radius 1 is 1.14 bits per heavy atom. The highest BCUT2D eigenvalue weighted by Crippen LogP contribution is 2.23. The van der Waals surface area contributed by atoms with Crippen molar-refractivity contribution in [3.63, 3.8) is 0 Å². The quantitative estimate of drug-likeness (QED) is 0.630. The van der Waals surface area contributed by atoms with Crippen molar-refractivity contribution < 1.29 is 27.5 Å². The first-order chi connectivity index (χ1) is 13.7. The average molecular weight is 420 g/mol. The first-order valence-electron chi connectivity index (χ1n) is 8.89. The van der Waals surface area contributed by atoms with Crippen LogP contribution in [-0.4, -0.2) is 34.0 Å². The summed E-state index contributed by atoms with van der Waals surface area (Å²) in [6.45, 7) is 3.38. The average Bonchev–Trinajstić information content (AvgIpc) is 2.69. The zero-order valence-corrected chi connectivity index (χ0v) is 17.3. The number of rotatable bonds is 8. The molecule has 0 heterocycles. The third-order valence-corrected chi connectivity index (χ3v) is 5.19. The maximum atomic E-state index is 12.4. The molecule has 1 amide bonds. The van der Waals surface area contributed by atoms with Crippen LogP contribution in [0.25, 0.3) is 0 Å². The monoisotopic (exact) mass is 420 g/mol. The Labute approximate surface area is 170 Å². The molecule has 0 unspecified atom stereocenters. The van der Waals surface area contributed by atoms with E-state index < -0.39 is 28.5 Å². The van der Waals surface area contributed by atoms with Crippen molar-refractivity contribution in [2.45, 2.75) is 31.2 Å². The number of benzene rings is 2. The van der Waals surface area contributed by atoms with Gasteiger partial charge in [-0.05, 0) is 37.1 Å². The number of ether oxygens (including phenoxy) is 2. The van der Waals surface area contributed by atoms with Crippen LogP contribution in [0.5, 0.6) is 5.75 Å². The van der Waals surface area contributed by atoms with Crippen molar-refractivity contribution in [2.24, 2.45) is 5.14 Å². The van der Waals surface area contributed by atoms with E-state index in [2.05, 4.69) is 5.32 Å². The molecule has 29 heavy (non-hydrogen) atoms. The van der Waals surface area contributed by atoms with Crippen molar-refractivity contribution in [3.05, 3.63) is 59.2 Å². The lowest BCUT2D eigenvalue weighted by molar-refractivity contribution is -0.125. The molecule has 0 aliphatic rings. The van der Waals surface area contributed by atoms with Crippen molar-refractivity contribution in [1.29, 1.82) is 0 Å². The van der Waals surface area contributed by atoms with E-state index >= 15 is 0 Å². The second kappa shape index (κ2) is 9.53. The fraction of sp³-hybridized carbons (Fsp3) is 0.300. The zero-order valence-electron chi connectivity index (χ0n) is 16.5. The third-order valence-electron chi connectivity index (χ3n) is 4.28. The number of sulfonamides is 1. The fourth-order valence-corrected chi connectivity index (χ4v) is 3.23. The summed E-state index contributed by atoms with van der Waals surface area (Å²) in [5, 5.41) is 7.90. The summed E-state index contributed by atoms with van der Waals surface area (Å²) in [7, 11) is -2.69. The molecule has 0 aromatic heterocycles. The SMILES string of the molecule is CC[C@H](NC(=O)COC(=O)c1cc(S(N)(=O)=O)ccc1OC)c1ccc(C)cc1. The maximum Gasteiger partial charge on any atom is 0.342 e. The molecule has 0 fully saturated rings. The molecule has 2 aromatic rings. The second-order valence-corrected chi connectivity index (χ2v) is 7.98. The van der Waals surface area contributed by atoms with E-state index in [4.69, 9.17) is 14.6 Å². The molecule has 0 radical (unpaired) electrons. The number of carbonyl (C=O) groups is 2. The molecule has 0 bridgehead atoms. The molecule has 0 aliphatic heterocycles. The van der Waals surface area contributed by atoms with E-state index in [-0.39, 0.29) is 22.3 Å². The van der Waals surface area contributed by atoms with Crippen LogP contribution in [-0.2, 0) is 19.6 Å². The first-order valence-corrected chi connectivity index (χ1v) is 10.4. The molecule has 2 aromatic carbocycles. The summed E-state index contributed by atoms with van der Waals surface area (Å²) in [4.78, 5) is 24.3. The van der Waals surface area contributed by atoms with Gasteiger partial charge in [0.1, 0.15) is 11.3 Å². The lowest BCUT2D eigenvalue weighted by Gasteiger charge is -2.18. The normalized spacial score (nSPS) is 12.1. The Hall–Kier alpha value is -2.91. The highest BCUT2D eigenvalue weighted by atomic mass is 32.2. The molecule has 8 nitrogen and oxygen atoms in total. The summed E-state index contributed by atoms with van der Waals surface area (Å²) in [5.41, 5.74) is 1.91. The highest BCUT2D eigenvalue weighted by Gasteiger charge is 2.20. The number of primary sulfonamides is 1. The number of hydrogen-bond acceptors (Lipinski definition) is 6. The van der Waals surface area contributed by atoms with Gasteiger partial charge in [0.2, 0.25) is 10.0 Å². The van der Waals surface area contributed by atoms with Crippen LogP contribution in [0.3, 0.4) is 0 Å². The number of carbonyl (C=O) groups excluding carboxylic acids is 2. The van der Waals surface area contributed by atoms with Gasteiger partial charge in [-0.25, -0.2) is 18.4 Å². The summed E-state index contributed by atoms with van der Waals surface area (Å²) in [6.07, 6.45) is 0.660. The topological polar surface area (TPSA) is 125 Å². The molecule has 2 rings (SSSR count). The maximum absolute atomic E-state index is 12.4. The number of methoxy groups -OCH3 is 1. The lowest BCUT2D eigenvalue weighted by atomic mass is 10.0. The van der Waals surface area contributed by atoms with Gasteiger partial charge in [0.05, 0.1) is 18.0 Å². The first kappa shape index (κ1) is 22.4. The smallest absolute Gasteiger partial charge is 0.342 e. The zero-order chi connectivity index (χ0) is 21.6. The van der Waals surface area contributed by atoms with E-state index in [0.717, 1.165) is 17.2 Å². The number of aryl methyl sites for hydroxylation is 1. The minimum absolute atomic E-state index is 0.105. The summed E-state index contributed by atoms with van der Waals surface area (Å²) < 4.78 is 33.1. The van der Waals surface area contributed by atoms with Gasteiger partial charge in [-0.2, -0.15) is 0 Å². The minimum Gasteiger partial charge on any atom is -0.496 e. The summed E-state index contributed by atoms with van der Waals surface area (Å²) in [6, 6.07) is 11.1. The fourth-order valence-electron chi connectivity index (χ4n) is 2.69. The highest BCUT2D eigenvalue weighted by molar-refractivity contribution is 7.89. The lowest BCUT2D eigenvalue weighted by Crippen LogP contribution is -2.32. The molecule has 9 heteroatoms. The van der Waals surface area contributed by atoms with E-state index in [1.807, 2.05) is 38.1 Å². The van der Waals surface area contributed by atoms with Crippen LogP contribution in [0.15, 0.2) is 47.4 Å². The molecule has 0 spiro atoms. The molecule has 0 aliphatic carbocycles. The largest absolute Gasteiger partial charge is 0.496 e. The van der Waals surface area contributed by atoms with Crippen molar-refractivity contribution in [1.82, 2.24) is 5.32 Å². The number of amides is 1.